The summed E-state index contributed by atoms with van der Waals surface area (Å²) in [6.45, 7) is 3.95. The second kappa shape index (κ2) is 8.57. The first kappa shape index (κ1) is 19.9. The summed E-state index contributed by atoms with van der Waals surface area (Å²) in [5, 5.41) is 7.58. The second-order valence-corrected chi connectivity index (χ2v) is 7.78. The lowest BCUT2D eigenvalue weighted by atomic mass is 10.1. The molecule has 0 spiro atoms. The first-order valence-corrected chi connectivity index (χ1v) is 10.3. The van der Waals surface area contributed by atoms with Gasteiger partial charge in [-0.1, -0.05) is 29.8 Å². The van der Waals surface area contributed by atoms with Crippen molar-refractivity contribution in [2.24, 2.45) is 7.05 Å². The summed E-state index contributed by atoms with van der Waals surface area (Å²) in [5.74, 6) is 0.655. The van der Waals surface area contributed by atoms with E-state index in [1.165, 1.54) is 0 Å². The van der Waals surface area contributed by atoms with Crippen LogP contribution in [-0.4, -0.2) is 32.7 Å². The molecule has 0 aliphatic carbocycles. The van der Waals surface area contributed by atoms with Gasteiger partial charge in [0.05, 0.1) is 5.69 Å². The van der Waals surface area contributed by atoms with Gasteiger partial charge in [-0.25, -0.2) is 4.68 Å². The zero-order valence-electron chi connectivity index (χ0n) is 17.5. The number of aromatic nitrogens is 3. The van der Waals surface area contributed by atoms with Gasteiger partial charge in [-0.15, -0.1) is 0 Å². The van der Waals surface area contributed by atoms with Crippen LogP contribution < -0.4 is 10.2 Å². The van der Waals surface area contributed by atoms with Crippen LogP contribution in [0, 0.1) is 6.92 Å². The van der Waals surface area contributed by atoms with Crippen LogP contribution in [0.5, 0.6) is 0 Å². The van der Waals surface area contributed by atoms with Crippen molar-refractivity contribution in [3.8, 4) is 11.4 Å². The standard InChI is InChI=1S/C23H27N5O2/c1-17-6-3-7-18(14-17)16-24-21(29)9-10-23(30)27-12-5-13-28-22(27)15-19(25-28)20-8-4-11-26(20)2/h3-4,6-8,11,14-15H,5,9-10,12-13,16H2,1-2H3,(H,24,29). The number of carbonyl (C=O) groups is 2. The fourth-order valence-corrected chi connectivity index (χ4v) is 3.85. The third-order valence-electron chi connectivity index (χ3n) is 5.43. The summed E-state index contributed by atoms with van der Waals surface area (Å²) in [4.78, 5) is 26.8. The maximum absolute atomic E-state index is 12.8. The van der Waals surface area contributed by atoms with Gasteiger partial charge in [-0.05, 0) is 31.0 Å². The van der Waals surface area contributed by atoms with Crippen molar-refractivity contribution in [1.82, 2.24) is 19.7 Å². The average Bonchev–Trinajstić information content (AvgIpc) is 3.35. The number of carbonyl (C=O) groups excluding carboxylic acids is 2. The molecule has 4 rings (SSSR count). The summed E-state index contributed by atoms with van der Waals surface area (Å²) in [7, 11) is 1.98. The van der Waals surface area contributed by atoms with E-state index in [4.69, 9.17) is 0 Å². The number of hydrogen-bond donors (Lipinski definition) is 1. The van der Waals surface area contributed by atoms with Crippen LogP contribution in [0.25, 0.3) is 11.4 Å². The third kappa shape index (κ3) is 4.30. The van der Waals surface area contributed by atoms with Crippen LogP contribution in [0.15, 0.2) is 48.7 Å². The minimum Gasteiger partial charge on any atom is -0.352 e. The molecular weight excluding hydrogens is 378 g/mol. The van der Waals surface area contributed by atoms with Crippen LogP contribution in [0.4, 0.5) is 5.82 Å². The fraction of sp³-hybridized carbons (Fsp3) is 0.348. The number of hydrogen-bond acceptors (Lipinski definition) is 3. The number of rotatable bonds is 6. The molecule has 0 atom stereocenters. The predicted molar refractivity (Wildman–Crippen MR) is 116 cm³/mol. The number of fused-ring (bicyclic) bond motifs is 1. The Morgan fingerprint density at radius 3 is 2.73 bits per heavy atom. The van der Waals surface area contributed by atoms with E-state index in [9.17, 15) is 9.59 Å². The molecular formula is C23H27N5O2. The maximum atomic E-state index is 12.8. The molecule has 156 valence electrons. The van der Waals surface area contributed by atoms with E-state index < -0.39 is 0 Å². The summed E-state index contributed by atoms with van der Waals surface area (Å²) < 4.78 is 3.90. The minimum atomic E-state index is -0.111. The molecule has 0 bridgehead atoms. The lowest BCUT2D eigenvalue weighted by Crippen LogP contribution is -2.38. The molecule has 3 heterocycles. The molecule has 0 fully saturated rings. The van der Waals surface area contributed by atoms with E-state index in [0.717, 1.165) is 41.3 Å². The monoisotopic (exact) mass is 405 g/mol. The highest BCUT2D eigenvalue weighted by molar-refractivity contribution is 5.95. The molecule has 0 saturated carbocycles. The van der Waals surface area contributed by atoms with Crippen LogP contribution >= 0.6 is 0 Å². The number of aryl methyl sites for hydroxylation is 3. The number of amides is 2. The summed E-state index contributed by atoms with van der Waals surface area (Å²) in [6, 6.07) is 14.0. The van der Waals surface area contributed by atoms with Gasteiger partial charge < -0.3 is 9.88 Å². The lowest BCUT2D eigenvalue weighted by Gasteiger charge is -2.27. The molecule has 0 saturated heterocycles. The molecule has 0 unspecified atom stereocenters. The highest BCUT2D eigenvalue weighted by Gasteiger charge is 2.25. The summed E-state index contributed by atoms with van der Waals surface area (Å²) in [5.41, 5.74) is 4.09. The van der Waals surface area contributed by atoms with Gasteiger partial charge in [0.1, 0.15) is 11.5 Å². The van der Waals surface area contributed by atoms with Crippen molar-refractivity contribution in [3.05, 3.63) is 59.8 Å². The Balaban J connectivity index is 1.36. The Labute approximate surface area is 176 Å². The predicted octanol–water partition coefficient (Wildman–Crippen LogP) is 3.03. The first-order valence-electron chi connectivity index (χ1n) is 10.3. The molecule has 1 aliphatic heterocycles. The Bertz CT molecular complexity index is 1070. The number of nitrogens with one attached hydrogen (secondary N) is 1. The Kier molecular flexibility index (Phi) is 5.70. The molecule has 1 aromatic carbocycles. The van der Waals surface area contributed by atoms with E-state index in [-0.39, 0.29) is 24.7 Å². The van der Waals surface area contributed by atoms with Gasteiger partial charge in [-0.3, -0.25) is 14.5 Å². The highest BCUT2D eigenvalue weighted by atomic mass is 16.2. The zero-order valence-corrected chi connectivity index (χ0v) is 17.5. The van der Waals surface area contributed by atoms with Crippen molar-refractivity contribution >= 4 is 17.6 Å². The number of benzene rings is 1. The molecule has 7 heteroatoms. The number of anilines is 1. The lowest BCUT2D eigenvalue weighted by molar-refractivity contribution is -0.125. The Morgan fingerprint density at radius 2 is 1.97 bits per heavy atom. The van der Waals surface area contributed by atoms with Crippen molar-refractivity contribution in [2.45, 2.75) is 39.3 Å². The topological polar surface area (TPSA) is 72.2 Å². The normalized spacial score (nSPS) is 13.2. The SMILES string of the molecule is Cc1cccc(CNC(=O)CCC(=O)N2CCCn3nc(-c4cccn4C)cc32)c1. The van der Waals surface area contributed by atoms with Crippen LogP contribution in [0.3, 0.4) is 0 Å². The minimum absolute atomic E-state index is 0.0417. The largest absolute Gasteiger partial charge is 0.352 e. The average molecular weight is 406 g/mol. The van der Waals surface area contributed by atoms with Gasteiger partial charge in [0, 0.05) is 51.8 Å². The molecule has 30 heavy (non-hydrogen) atoms. The van der Waals surface area contributed by atoms with Gasteiger partial charge >= 0.3 is 0 Å². The van der Waals surface area contributed by atoms with Crippen molar-refractivity contribution < 1.29 is 9.59 Å². The summed E-state index contributed by atoms with van der Waals surface area (Å²) in [6.07, 6.45) is 3.20. The van der Waals surface area contributed by atoms with E-state index >= 15 is 0 Å². The smallest absolute Gasteiger partial charge is 0.228 e. The van der Waals surface area contributed by atoms with Gasteiger partial charge in [-0.2, -0.15) is 5.10 Å². The van der Waals surface area contributed by atoms with Gasteiger partial charge in [0.15, 0.2) is 0 Å². The molecule has 1 aliphatic rings. The van der Waals surface area contributed by atoms with Crippen LogP contribution in [-0.2, 0) is 29.7 Å². The first-order chi connectivity index (χ1) is 14.5. The third-order valence-corrected chi connectivity index (χ3v) is 5.43. The van der Waals surface area contributed by atoms with Crippen molar-refractivity contribution in [2.75, 3.05) is 11.4 Å². The molecule has 1 N–H and O–H groups in total. The summed E-state index contributed by atoms with van der Waals surface area (Å²) >= 11 is 0. The molecule has 0 radical (unpaired) electrons. The van der Waals surface area contributed by atoms with Crippen molar-refractivity contribution in [3.63, 3.8) is 0 Å². The second-order valence-electron chi connectivity index (χ2n) is 7.78. The Hall–Kier alpha value is -3.35. The quantitative estimate of drug-likeness (QED) is 0.685. The Morgan fingerprint density at radius 1 is 1.10 bits per heavy atom. The van der Waals surface area contributed by atoms with Gasteiger partial charge in [0.2, 0.25) is 11.8 Å². The zero-order chi connectivity index (χ0) is 21.1. The highest BCUT2D eigenvalue weighted by Crippen LogP contribution is 2.28. The van der Waals surface area contributed by atoms with E-state index in [1.807, 2.05) is 71.9 Å². The van der Waals surface area contributed by atoms with Crippen LogP contribution in [0.1, 0.15) is 30.4 Å². The van der Waals surface area contributed by atoms with Gasteiger partial charge in [0.25, 0.3) is 0 Å². The van der Waals surface area contributed by atoms with Crippen LogP contribution in [0.2, 0.25) is 0 Å². The van der Waals surface area contributed by atoms with E-state index in [2.05, 4.69) is 10.4 Å². The molecule has 2 aromatic heterocycles. The molecule has 2 amide bonds. The number of nitrogens with zero attached hydrogens (tertiary/aromatic N) is 4. The maximum Gasteiger partial charge on any atom is 0.228 e. The van der Waals surface area contributed by atoms with Crippen molar-refractivity contribution in [1.29, 1.82) is 0 Å². The molecule has 7 nitrogen and oxygen atoms in total. The fourth-order valence-electron chi connectivity index (χ4n) is 3.85. The molecule has 3 aromatic rings. The van der Waals surface area contributed by atoms with E-state index in [0.29, 0.717) is 13.1 Å². The van der Waals surface area contributed by atoms with E-state index in [1.54, 1.807) is 4.90 Å².